The molecule has 54 valence electrons. The third-order valence-electron chi connectivity index (χ3n) is 1.51. The molecular formula is C7H5N3O. The lowest BCUT2D eigenvalue weighted by atomic mass is 10.3. The molecule has 0 fully saturated rings. The van der Waals surface area contributed by atoms with Gasteiger partial charge in [0.1, 0.15) is 5.69 Å². The Bertz CT molecular complexity index is 393. The minimum atomic E-state index is 0.407. The summed E-state index contributed by atoms with van der Waals surface area (Å²) in [5.74, 6) is 0. The number of imidazole rings is 1. The molecule has 2 rings (SSSR count). The summed E-state index contributed by atoms with van der Waals surface area (Å²) >= 11 is 0. The van der Waals surface area contributed by atoms with Crippen molar-refractivity contribution in [1.82, 2.24) is 9.97 Å². The zero-order valence-corrected chi connectivity index (χ0v) is 5.61. The molecule has 0 atom stereocenters. The largest absolute Gasteiger partial charge is 0.345 e. The molecule has 11 heavy (non-hydrogen) atoms. The van der Waals surface area contributed by atoms with E-state index in [1.165, 1.54) is 0 Å². The predicted octanol–water partition coefficient (Wildman–Crippen LogP) is 1.96. The van der Waals surface area contributed by atoms with Crippen LogP contribution in [0.2, 0.25) is 0 Å². The van der Waals surface area contributed by atoms with Gasteiger partial charge in [0.25, 0.3) is 0 Å². The van der Waals surface area contributed by atoms with Crippen LogP contribution in [0.1, 0.15) is 0 Å². The average molecular weight is 147 g/mol. The molecule has 1 heterocycles. The van der Waals surface area contributed by atoms with E-state index in [0.29, 0.717) is 5.69 Å². The van der Waals surface area contributed by atoms with E-state index in [1.807, 2.05) is 0 Å². The fourth-order valence-corrected chi connectivity index (χ4v) is 0.977. The first-order valence-corrected chi connectivity index (χ1v) is 3.16. The third-order valence-corrected chi connectivity index (χ3v) is 1.51. The number of hydrogen-bond acceptors (Lipinski definition) is 3. The van der Waals surface area contributed by atoms with Crippen LogP contribution in [0.4, 0.5) is 5.69 Å². The fourth-order valence-electron chi connectivity index (χ4n) is 0.977. The van der Waals surface area contributed by atoms with Crippen LogP contribution < -0.4 is 0 Å². The van der Waals surface area contributed by atoms with Crippen LogP contribution in [-0.4, -0.2) is 9.97 Å². The summed E-state index contributed by atoms with van der Waals surface area (Å²) in [6, 6.07) is 5.06. The molecule has 0 radical (unpaired) electrons. The van der Waals surface area contributed by atoms with E-state index in [4.69, 9.17) is 0 Å². The van der Waals surface area contributed by atoms with E-state index in [-0.39, 0.29) is 0 Å². The molecule has 4 heteroatoms. The Morgan fingerprint density at radius 1 is 1.45 bits per heavy atom. The van der Waals surface area contributed by atoms with Crippen molar-refractivity contribution in [2.75, 3.05) is 0 Å². The van der Waals surface area contributed by atoms with E-state index >= 15 is 0 Å². The molecular weight excluding hydrogens is 142 g/mol. The van der Waals surface area contributed by atoms with E-state index in [9.17, 15) is 4.91 Å². The molecule has 0 aliphatic heterocycles. The van der Waals surface area contributed by atoms with Gasteiger partial charge in [0, 0.05) is 0 Å². The van der Waals surface area contributed by atoms with Crippen LogP contribution in [0, 0.1) is 4.91 Å². The summed E-state index contributed by atoms with van der Waals surface area (Å²) in [5, 5.41) is 2.80. The number of benzene rings is 1. The molecule has 1 aromatic heterocycles. The minimum absolute atomic E-state index is 0.407. The number of fused-ring (bicyclic) bond motifs is 1. The quantitative estimate of drug-likeness (QED) is 0.627. The normalized spacial score (nSPS) is 10.2. The molecule has 0 unspecified atom stereocenters. The molecule has 2 aromatic rings. The monoisotopic (exact) mass is 147 g/mol. The molecule has 1 aromatic carbocycles. The third kappa shape index (κ3) is 0.881. The van der Waals surface area contributed by atoms with Crippen molar-refractivity contribution in [2.45, 2.75) is 0 Å². The molecule has 0 amide bonds. The van der Waals surface area contributed by atoms with Crippen molar-refractivity contribution in [3.8, 4) is 0 Å². The minimum Gasteiger partial charge on any atom is -0.345 e. The lowest BCUT2D eigenvalue weighted by Gasteiger charge is -1.87. The SMILES string of the molecule is O=Nc1ccc2[nH]cnc2c1. The maximum absolute atomic E-state index is 10.1. The molecule has 4 nitrogen and oxygen atoms in total. The van der Waals surface area contributed by atoms with Crippen LogP contribution in [-0.2, 0) is 0 Å². The summed E-state index contributed by atoms with van der Waals surface area (Å²) < 4.78 is 0. The van der Waals surface area contributed by atoms with Gasteiger partial charge in [0.15, 0.2) is 0 Å². The summed E-state index contributed by atoms with van der Waals surface area (Å²) in [5.41, 5.74) is 2.09. The van der Waals surface area contributed by atoms with Gasteiger partial charge in [-0.05, 0) is 23.4 Å². The second kappa shape index (κ2) is 2.16. The number of nitrogens with one attached hydrogen (secondary N) is 1. The van der Waals surface area contributed by atoms with Crippen LogP contribution >= 0.6 is 0 Å². The number of H-pyrrole nitrogens is 1. The van der Waals surface area contributed by atoms with E-state index in [0.717, 1.165) is 11.0 Å². The Labute approximate surface area is 62.2 Å². The Hall–Kier alpha value is -1.71. The van der Waals surface area contributed by atoms with E-state index in [1.54, 1.807) is 24.5 Å². The molecule has 0 aliphatic carbocycles. The van der Waals surface area contributed by atoms with Gasteiger partial charge in [-0.25, -0.2) is 4.98 Å². The highest BCUT2D eigenvalue weighted by molar-refractivity contribution is 5.77. The number of rotatable bonds is 1. The van der Waals surface area contributed by atoms with Gasteiger partial charge in [-0.15, -0.1) is 4.91 Å². The summed E-state index contributed by atoms with van der Waals surface area (Å²) in [4.78, 5) is 17.0. The van der Waals surface area contributed by atoms with Crippen molar-refractivity contribution >= 4 is 16.7 Å². The highest BCUT2D eigenvalue weighted by atomic mass is 16.3. The lowest BCUT2D eigenvalue weighted by molar-refractivity contribution is 1.34. The maximum Gasteiger partial charge on any atom is 0.110 e. The highest BCUT2D eigenvalue weighted by Crippen LogP contribution is 2.17. The predicted molar refractivity (Wildman–Crippen MR) is 41.5 cm³/mol. The summed E-state index contributed by atoms with van der Waals surface area (Å²) in [7, 11) is 0. The van der Waals surface area contributed by atoms with E-state index < -0.39 is 0 Å². The molecule has 0 spiro atoms. The average Bonchev–Trinajstić information content (AvgIpc) is 2.50. The molecule has 1 N–H and O–H groups in total. The molecule has 0 saturated heterocycles. The van der Waals surface area contributed by atoms with Gasteiger partial charge in [-0.1, -0.05) is 0 Å². The van der Waals surface area contributed by atoms with Crippen molar-refractivity contribution < 1.29 is 0 Å². The van der Waals surface area contributed by atoms with Gasteiger partial charge in [0.05, 0.1) is 17.4 Å². The zero-order chi connectivity index (χ0) is 7.68. The fraction of sp³-hybridized carbons (Fsp3) is 0. The number of nitrogens with zero attached hydrogens (tertiary/aromatic N) is 2. The number of nitroso groups, excluding NO2 is 1. The Balaban J connectivity index is 2.76. The van der Waals surface area contributed by atoms with Crippen molar-refractivity contribution in [3.63, 3.8) is 0 Å². The zero-order valence-electron chi connectivity index (χ0n) is 5.61. The second-order valence-electron chi connectivity index (χ2n) is 2.20. The van der Waals surface area contributed by atoms with Crippen molar-refractivity contribution in [3.05, 3.63) is 29.4 Å². The maximum atomic E-state index is 10.1. The first kappa shape index (κ1) is 6.03. The van der Waals surface area contributed by atoms with Gasteiger partial charge in [-0.3, -0.25) is 0 Å². The summed E-state index contributed by atoms with van der Waals surface area (Å²) in [6.07, 6.45) is 1.58. The second-order valence-corrected chi connectivity index (χ2v) is 2.20. The first-order chi connectivity index (χ1) is 5.40. The van der Waals surface area contributed by atoms with Crippen LogP contribution in [0.25, 0.3) is 11.0 Å². The molecule has 0 bridgehead atoms. The van der Waals surface area contributed by atoms with Gasteiger partial charge >= 0.3 is 0 Å². The van der Waals surface area contributed by atoms with Crippen LogP contribution in [0.3, 0.4) is 0 Å². The molecule has 0 aliphatic rings. The Morgan fingerprint density at radius 3 is 3.18 bits per heavy atom. The topological polar surface area (TPSA) is 58.1 Å². The van der Waals surface area contributed by atoms with Crippen LogP contribution in [0.5, 0.6) is 0 Å². The lowest BCUT2D eigenvalue weighted by Crippen LogP contribution is -1.67. The van der Waals surface area contributed by atoms with Gasteiger partial charge < -0.3 is 4.98 Å². The van der Waals surface area contributed by atoms with Crippen LogP contribution in [0.15, 0.2) is 29.7 Å². The van der Waals surface area contributed by atoms with E-state index in [2.05, 4.69) is 15.1 Å². The van der Waals surface area contributed by atoms with Crippen molar-refractivity contribution in [1.29, 1.82) is 0 Å². The Morgan fingerprint density at radius 2 is 2.36 bits per heavy atom. The van der Waals surface area contributed by atoms with Gasteiger partial charge in [-0.2, -0.15) is 0 Å². The highest BCUT2D eigenvalue weighted by Gasteiger charge is 1.96. The first-order valence-electron chi connectivity index (χ1n) is 3.16. The Kier molecular flexibility index (Phi) is 1.18. The van der Waals surface area contributed by atoms with Crippen molar-refractivity contribution in [2.24, 2.45) is 5.18 Å². The number of aromatic amines is 1. The smallest absolute Gasteiger partial charge is 0.110 e. The molecule has 0 saturated carbocycles. The van der Waals surface area contributed by atoms with Gasteiger partial charge in [0.2, 0.25) is 0 Å². The number of aromatic nitrogens is 2. The number of hydrogen-bond donors (Lipinski definition) is 1. The standard InChI is InChI=1S/C7H5N3O/c11-10-5-1-2-6-7(3-5)9-4-8-6/h1-4H,(H,8,9). The summed E-state index contributed by atoms with van der Waals surface area (Å²) in [6.45, 7) is 0.